The normalized spacial score (nSPS) is 14.8. The lowest BCUT2D eigenvalue weighted by Gasteiger charge is -2.42. The van der Waals surface area contributed by atoms with E-state index in [4.69, 9.17) is 0 Å². The molecule has 4 aliphatic heterocycles. The fraction of sp³-hybridized carbons (Fsp3) is 0.0286. The van der Waals surface area contributed by atoms with Gasteiger partial charge in [0.1, 0.15) is 0 Å². The first-order chi connectivity index (χ1) is 19.8. The van der Waals surface area contributed by atoms with Crippen molar-refractivity contribution in [2.75, 3.05) is 0 Å². The Morgan fingerprint density at radius 2 is 1.18 bits per heavy atom. The fourth-order valence-electron chi connectivity index (χ4n) is 8.38. The Labute approximate surface area is 240 Å². The predicted octanol–water partition coefficient (Wildman–Crippen LogP) is 4.83. The molecule has 0 amide bonds. The summed E-state index contributed by atoms with van der Waals surface area (Å²) in [7, 11) is 0. The van der Waals surface area contributed by atoms with Crippen molar-refractivity contribution in [3.8, 4) is 5.69 Å². The van der Waals surface area contributed by atoms with Gasteiger partial charge in [0, 0.05) is 47.1 Å². The molecule has 40 heavy (non-hydrogen) atoms. The van der Waals surface area contributed by atoms with Gasteiger partial charge in [0.2, 0.25) is 13.4 Å². The van der Waals surface area contributed by atoms with Crippen LogP contribution < -0.4 is 32.8 Å². The second-order valence-electron chi connectivity index (χ2n) is 11.6. The Morgan fingerprint density at radius 1 is 0.550 bits per heavy atom. The molecule has 0 unspecified atom stereocenters. The molecule has 0 bridgehead atoms. The SMILES string of the molecule is Cc1c2c3c4c5c1Sc1ccccc1B5c1c5ccccc5cc5c6cccc(c6n-4c15)B3c1ccccc1S2. The minimum atomic E-state index is 0.223. The molecule has 0 radical (unpaired) electrons. The molecule has 5 heteroatoms. The number of hydrogen-bond donors (Lipinski definition) is 0. The summed E-state index contributed by atoms with van der Waals surface area (Å²) in [6, 6.07) is 36.9. The number of benzene rings is 6. The number of para-hydroxylation sites is 1. The molecule has 4 aliphatic rings. The van der Waals surface area contributed by atoms with E-state index in [2.05, 4.69) is 109 Å². The van der Waals surface area contributed by atoms with E-state index in [0.29, 0.717) is 0 Å². The molecule has 0 aliphatic carbocycles. The zero-order valence-electron chi connectivity index (χ0n) is 21.7. The van der Waals surface area contributed by atoms with E-state index in [9.17, 15) is 0 Å². The van der Waals surface area contributed by atoms with E-state index in [1.165, 1.54) is 96.2 Å². The van der Waals surface area contributed by atoms with Crippen LogP contribution in [0.5, 0.6) is 0 Å². The number of aromatic nitrogens is 1. The summed E-state index contributed by atoms with van der Waals surface area (Å²) < 4.78 is 2.70. The molecule has 0 atom stereocenters. The van der Waals surface area contributed by atoms with Crippen molar-refractivity contribution in [3.05, 3.63) is 103 Å². The Bertz CT molecular complexity index is 2370. The van der Waals surface area contributed by atoms with Gasteiger partial charge in [0.15, 0.2) is 0 Å². The fourth-order valence-corrected chi connectivity index (χ4v) is 10.9. The van der Waals surface area contributed by atoms with Crippen LogP contribution in [0, 0.1) is 6.92 Å². The van der Waals surface area contributed by atoms with Crippen LogP contribution in [0.15, 0.2) is 117 Å². The second kappa shape index (κ2) is 6.91. The van der Waals surface area contributed by atoms with Gasteiger partial charge < -0.3 is 4.57 Å². The van der Waals surface area contributed by atoms with Crippen LogP contribution in [0.1, 0.15) is 5.56 Å². The first-order valence-electron chi connectivity index (χ1n) is 14.0. The van der Waals surface area contributed by atoms with Gasteiger partial charge in [-0.15, -0.1) is 0 Å². The average Bonchev–Trinajstić information content (AvgIpc) is 3.34. The number of hydrogen-bond acceptors (Lipinski definition) is 2. The predicted molar refractivity (Wildman–Crippen MR) is 173 cm³/mol. The number of fused-ring (bicyclic) bond motifs is 9. The van der Waals surface area contributed by atoms with Gasteiger partial charge in [-0.2, -0.15) is 0 Å². The van der Waals surface area contributed by atoms with Crippen molar-refractivity contribution >= 4 is 102 Å². The third-order valence-corrected chi connectivity index (χ3v) is 12.5. The standard InChI is InChI=1S/C35H19B2NS2/c1-18-34-29-33-30-35(18)40-27-16-7-5-13-24(27)37(30)28-20-10-3-2-9-19(20)17-22-21-11-8-14-25(31(21)38(33)32(22)28)36(29)23-12-4-6-15-26(23)39-34/h2-17H,1H3. The molecule has 182 valence electrons. The highest BCUT2D eigenvalue weighted by Gasteiger charge is 2.48. The van der Waals surface area contributed by atoms with Crippen LogP contribution in [0.25, 0.3) is 38.3 Å². The molecular formula is C35H19B2NS2. The Hall–Kier alpha value is -3.79. The third kappa shape index (κ3) is 2.19. The van der Waals surface area contributed by atoms with Gasteiger partial charge in [0.25, 0.3) is 0 Å². The van der Waals surface area contributed by atoms with Crippen LogP contribution in [-0.2, 0) is 0 Å². The Kier molecular flexibility index (Phi) is 3.63. The van der Waals surface area contributed by atoms with Crippen LogP contribution in [0.3, 0.4) is 0 Å². The highest BCUT2D eigenvalue weighted by atomic mass is 32.2. The summed E-state index contributed by atoms with van der Waals surface area (Å²) in [5.41, 5.74) is 14.6. The first kappa shape index (κ1) is 21.0. The molecule has 0 saturated carbocycles. The lowest BCUT2D eigenvalue weighted by Crippen LogP contribution is -2.66. The largest absolute Gasteiger partial charge is 0.311 e. The van der Waals surface area contributed by atoms with Gasteiger partial charge >= 0.3 is 0 Å². The number of nitrogens with zero attached hydrogens (tertiary/aromatic N) is 1. The highest BCUT2D eigenvalue weighted by Crippen LogP contribution is 2.46. The van der Waals surface area contributed by atoms with Gasteiger partial charge in [-0.3, -0.25) is 0 Å². The van der Waals surface area contributed by atoms with Crippen molar-refractivity contribution < 1.29 is 0 Å². The lowest BCUT2D eigenvalue weighted by molar-refractivity contribution is 1.13. The van der Waals surface area contributed by atoms with Crippen molar-refractivity contribution in [2.45, 2.75) is 26.5 Å². The minimum Gasteiger partial charge on any atom is -0.311 e. The molecule has 11 rings (SSSR count). The molecule has 1 nitrogen and oxygen atoms in total. The Morgan fingerprint density at radius 3 is 1.98 bits per heavy atom. The monoisotopic (exact) mass is 539 g/mol. The lowest BCUT2D eigenvalue weighted by atomic mass is 9.31. The summed E-state index contributed by atoms with van der Waals surface area (Å²) in [4.78, 5) is 5.74. The zero-order valence-corrected chi connectivity index (χ0v) is 23.3. The van der Waals surface area contributed by atoms with Crippen LogP contribution in [-0.4, -0.2) is 18.0 Å². The van der Waals surface area contributed by atoms with E-state index in [-0.39, 0.29) is 13.4 Å². The van der Waals surface area contributed by atoms with E-state index >= 15 is 0 Å². The maximum atomic E-state index is 2.70. The molecule has 0 saturated heterocycles. The van der Waals surface area contributed by atoms with Crippen LogP contribution >= 0.6 is 23.5 Å². The topological polar surface area (TPSA) is 4.93 Å². The summed E-state index contributed by atoms with van der Waals surface area (Å²) in [6.07, 6.45) is 0. The molecule has 0 N–H and O–H groups in total. The van der Waals surface area contributed by atoms with Crippen molar-refractivity contribution in [1.29, 1.82) is 0 Å². The highest BCUT2D eigenvalue weighted by molar-refractivity contribution is 8.01. The molecule has 0 fully saturated rings. The number of rotatable bonds is 0. The smallest absolute Gasteiger partial charge is 0.250 e. The molecule has 5 heterocycles. The van der Waals surface area contributed by atoms with E-state index in [1.807, 2.05) is 23.5 Å². The van der Waals surface area contributed by atoms with E-state index < -0.39 is 0 Å². The van der Waals surface area contributed by atoms with Gasteiger partial charge in [-0.1, -0.05) is 113 Å². The summed E-state index contributed by atoms with van der Waals surface area (Å²) in [5, 5.41) is 5.50. The average molecular weight is 539 g/mol. The van der Waals surface area contributed by atoms with Gasteiger partial charge in [-0.05, 0) is 63.3 Å². The van der Waals surface area contributed by atoms with E-state index in [1.54, 1.807) is 0 Å². The van der Waals surface area contributed by atoms with Gasteiger partial charge in [-0.25, -0.2) is 0 Å². The zero-order chi connectivity index (χ0) is 25.9. The molecule has 1 aromatic heterocycles. The Balaban J connectivity index is 1.48. The van der Waals surface area contributed by atoms with Crippen molar-refractivity contribution in [3.63, 3.8) is 0 Å². The maximum absolute atomic E-state index is 2.70. The van der Waals surface area contributed by atoms with E-state index in [0.717, 1.165) is 0 Å². The summed E-state index contributed by atoms with van der Waals surface area (Å²) in [5.74, 6) is 0. The molecular weight excluding hydrogens is 520 g/mol. The van der Waals surface area contributed by atoms with Crippen molar-refractivity contribution in [2.24, 2.45) is 0 Å². The van der Waals surface area contributed by atoms with Gasteiger partial charge in [0.05, 0.1) is 0 Å². The summed E-state index contributed by atoms with van der Waals surface area (Å²) >= 11 is 3.98. The molecule has 0 spiro atoms. The minimum absolute atomic E-state index is 0.223. The van der Waals surface area contributed by atoms with Crippen LogP contribution in [0.2, 0.25) is 0 Å². The second-order valence-corrected chi connectivity index (χ2v) is 13.7. The summed E-state index contributed by atoms with van der Waals surface area (Å²) in [6.45, 7) is 2.86. The maximum Gasteiger partial charge on any atom is 0.250 e. The molecule has 7 aromatic rings. The quantitative estimate of drug-likeness (QED) is 0.255. The third-order valence-electron chi connectivity index (χ3n) is 9.83. The first-order valence-corrected chi connectivity index (χ1v) is 15.7. The molecule has 6 aromatic carbocycles. The van der Waals surface area contributed by atoms with Crippen molar-refractivity contribution in [1.82, 2.24) is 4.57 Å². The van der Waals surface area contributed by atoms with Crippen LogP contribution in [0.4, 0.5) is 0 Å².